The first-order valence-corrected chi connectivity index (χ1v) is 36.0. The first-order chi connectivity index (χ1) is 50.2. The number of aliphatic carboxylic acids is 1. The molecule has 3 unspecified atom stereocenters. The van der Waals surface area contributed by atoms with Gasteiger partial charge in [-0.3, -0.25) is 38.9 Å². The number of rotatable bonds is 30. The van der Waals surface area contributed by atoms with Gasteiger partial charge in [0, 0.05) is 92.9 Å². The monoisotopic (exact) mass is 1460 g/mol. The van der Waals surface area contributed by atoms with Gasteiger partial charge in [0.2, 0.25) is 18.1 Å². The molecule has 6 aromatic rings. The Hall–Kier alpha value is -9.69. The molecule has 4 aliphatic carbocycles. The first kappa shape index (κ1) is 75.0. The smallest absolute Gasteiger partial charge is 0.410 e. The summed E-state index contributed by atoms with van der Waals surface area (Å²) in [7, 11) is 3.13. The number of nitrogens with one attached hydrogen (secondary N) is 3. The van der Waals surface area contributed by atoms with Crippen LogP contribution in [0, 0.1) is 23.2 Å². The summed E-state index contributed by atoms with van der Waals surface area (Å²) in [6.07, 6.45) is 4.21. The van der Waals surface area contributed by atoms with Crippen molar-refractivity contribution in [3.8, 4) is 22.6 Å². The zero-order chi connectivity index (χ0) is 74.7. The molecule has 30 heteroatoms. The highest BCUT2D eigenvalue weighted by Gasteiger charge is 2.66. The van der Waals surface area contributed by atoms with Gasteiger partial charge in [0.1, 0.15) is 48.3 Å². The van der Waals surface area contributed by atoms with E-state index in [-0.39, 0.29) is 91.7 Å². The van der Waals surface area contributed by atoms with Crippen LogP contribution < -0.4 is 30.3 Å². The van der Waals surface area contributed by atoms with Gasteiger partial charge in [0.05, 0.1) is 48.0 Å². The molecule has 3 aromatic heterocycles. The lowest BCUT2D eigenvalue weighted by atomic mass is 9.39. The number of anilines is 3. The third-order valence-electron chi connectivity index (χ3n) is 20.8. The second-order valence-corrected chi connectivity index (χ2v) is 30.1. The topological polar surface area (TPSA) is 382 Å². The van der Waals surface area contributed by atoms with Crippen molar-refractivity contribution in [1.82, 2.24) is 34.9 Å². The maximum absolute atomic E-state index is 14.0. The molecule has 3 aliphatic heterocycles. The van der Waals surface area contributed by atoms with E-state index < -0.39 is 84.0 Å². The molecule has 1 saturated heterocycles. The van der Waals surface area contributed by atoms with Gasteiger partial charge in [0.15, 0.2) is 16.9 Å². The van der Waals surface area contributed by atoms with Gasteiger partial charge in [-0.2, -0.15) is 5.10 Å². The molecule has 8 N–H and O–H groups in total. The van der Waals surface area contributed by atoms with Crippen molar-refractivity contribution in [2.45, 2.75) is 154 Å². The molecule has 4 bridgehead atoms. The van der Waals surface area contributed by atoms with Crippen LogP contribution in [0.4, 0.5) is 21.4 Å². The Morgan fingerprint density at radius 1 is 0.819 bits per heavy atom. The normalized spacial score (nSPS) is 24.8. The summed E-state index contributed by atoms with van der Waals surface area (Å²) < 4.78 is 38.2. The number of carboxylic acids is 2. The summed E-state index contributed by atoms with van der Waals surface area (Å²) >= 11 is 1.39. The lowest BCUT2D eigenvalue weighted by molar-refractivity contribution is -0.271. The zero-order valence-electron chi connectivity index (χ0n) is 59.3. The van der Waals surface area contributed by atoms with Crippen molar-refractivity contribution in [2.75, 3.05) is 75.8 Å². The number of pyridine rings is 1. The van der Waals surface area contributed by atoms with Crippen LogP contribution in [0.1, 0.15) is 128 Å². The highest BCUT2D eigenvalue weighted by Crippen LogP contribution is 2.72. The molecule has 0 radical (unpaired) electrons. The molecular formula is C75H88N10O19S. The van der Waals surface area contributed by atoms with Crippen LogP contribution >= 0.6 is 11.3 Å². The van der Waals surface area contributed by atoms with Crippen molar-refractivity contribution < 1.29 is 92.3 Å². The summed E-state index contributed by atoms with van der Waals surface area (Å²) in [6.45, 7) is 10.2. The Morgan fingerprint density at radius 3 is 2.29 bits per heavy atom. The van der Waals surface area contributed by atoms with Gasteiger partial charge in [-0.1, -0.05) is 55.9 Å². The number of aliphatic hydroxyl groups excluding tert-OH is 3. The van der Waals surface area contributed by atoms with E-state index in [1.165, 1.54) is 60.6 Å². The minimum atomic E-state index is -2.00. The third kappa shape index (κ3) is 16.6. The molecule has 6 amide bonds. The SMILES string of the molecule is COCCN(CCOC12CC3(C)CC(C)(CC(Cn4ncc(-c5ccc(N6CCc7c(OC)ccc(C(=O)Nc8nc9ccccc9s8)c7C6)nc5C(=O)O)c4C)(C3)C1)C2)C(=O)OC/C=C/c1ccc(O[C@@H]2O[C@H](C(=O)O)[C@@H](O)[C@H](O)[C@H]2O)c(NC(=O)C(C)NC(=O)CCCCCN2C(=O)C=CC2=O)c1. The highest BCUT2D eigenvalue weighted by atomic mass is 32.1. The Kier molecular flexibility index (Phi) is 22.3. The molecule has 7 aliphatic rings. The summed E-state index contributed by atoms with van der Waals surface area (Å²) in [6, 6.07) is 18.1. The molecule has 13 rings (SSSR count). The summed E-state index contributed by atoms with van der Waals surface area (Å²) in [5.41, 5.74) is 4.19. The average Bonchev–Trinajstić information content (AvgIpc) is 0.914. The van der Waals surface area contributed by atoms with Crippen LogP contribution in [0.2, 0.25) is 0 Å². The summed E-state index contributed by atoms with van der Waals surface area (Å²) in [4.78, 5) is 118. The number of aromatic carboxylic acids is 1. The van der Waals surface area contributed by atoms with E-state index in [1.54, 1.807) is 43.7 Å². The molecule has 4 saturated carbocycles. The molecule has 6 heterocycles. The average molecular weight is 1470 g/mol. The number of aliphatic hydroxyl groups is 3. The largest absolute Gasteiger partial charge is 0.496 e. The molecule has 105 heavy (non-hydrogen) atoms. The number of imide groups is 1. The Labute approximate surface area is 609 Å². The number of para-hydroxylation sites is 1. The number of unbranched alkanes of at least 4 members (excludes halogenated alkanes) is 2. The molecule has 558 valence electrons. The first-order valence-electron chi connectivity index (χ1n) is 35.1. The predicted molar refractivity (Wildman–Crippen MR) is 383 cm³/mol. The minimum Gasteiger partial charge on any atom is -0.496 e. The number of hydrogen-bond donors (Lipinski definition) is 8. The van der Waals surface area contributed by atoms with Gasteiger partial charge in [-0.25, -0.2) is 24.4 Å². The van der Waals surface area contributed by atoms with Crippen LogP contribution in [-0.2, 0) is 62.4 Å². The van der Waals surface area contributed by atoms with E-state index in [9.17, 15) is 63.9 Å². The number of aromatic nitrogens is 4. The van der Waals surface area contributed by atoms with E-state index in [0.29, 0.717) is 77.7 Å². The van der Waals surface area contributed by atoms with E-state index in [0.717, 1.165) is 70.5 Å². The molecule has 3 aromatic carbocycles. The van der Waals surface area contributed by atoms with Crippen molar-refractivity contribution in [3.05, 3.63) is 125 Å². The number of hydrogen-bond acceptors (Lipinski definition) is 22. The zero-order valence-corrected chi connectivity index (χ0v) is 60.2. The third-order valence-corrected chi connectivity index (χ3v) is 21.7. The number of nitrogens with zero attached hydrogens (tertiary/aromatic N) is 7. The maximum atomic E-state index is 14.0. The van der Waals surface area contributed by atoms with E-state index in [4.69, 9.17) is 38.5 Å². The summed E-state index contributed by atoms with van der Waals surface area (Å²) in [5.74, 6) is -4.13. The molecule has 29 nitrogen and oxygen atoms in total. The van der Waals surface area contributed by atoms with E-state index >= 15 is 0 Å². The van der Waals surface area contributed by atoms with Crippen molar-refractivity contribution in [1.29, 1.82) is 0 Å². The van der Waals surface area contributed by atoms with Gasteiger partial charge in [0.25, 0.3) is 17.7 Å². The molecular weight excluding hydrogens is 1380 g/mol. The number of thiazole rings is 1. The fourth-order valence-corrected chi connectivity index (χ4v) is 17.9. The second kappa shape index (κ2) is 31.2. The molecule has 5 fully saturated rings. The van der Waals surface area contributed by atoms with Crippen LogP contribution in [0.15, 0.2) is 91.2 Å². The lowest BCUT2D eigenvalue weighted by Crippen LogP contribution is -2.64. The number of methoxy groups -OCH3 is 2. The number of benzene rings is 3. The van der Waals surface area contributed by atoms with Crippen LogP contribution in [0.5, 0.6) is 11.5 Å². The Balaban J connectivity index is 0.680. The van der Waals surface area contributed by atoms with Crippen LogP contribution in [0.3, 0.4) is 0 Å². The molecule has 8 atom stereocenters. The van der Waals surface area contributed by atoms with Gasteiger partial charge in [-0.15, -0.1) is 0 Å². The maximum Gasteiger partial charge on any atom is 0.410 e. The van der Waals surface area contributed by atoms with Crippen LogP contribution in [-0.4, -0.2) is 205 Å². The minimum absolute atomic E-state index is 0.0355. The van der Waals surface area contributed by atoms with Crippen molar-refractivity contribution in [2.24, 2.45) is 16.2 Å². The van der Waals surface area contributed by atoms with E-state index in [2.05, 4.69) is 34.8 Å². The molecule has 0 spiro atoms. The number of carboxylic acid groups (broad SMARTS) is 2. The quantitative estimate of drug-likeness (QED) is 0.0160. The van der Waals surface area contributed by atoms with Crippen LogP contribution in [0.25, 0.3) is 27.4 Å². The number of fused-ring (bicyclic) bond motifs is 2. The fraction of sp³-hybridized carbons (Fsp3) is 0.480. The van der Waals surface area contributed by atoms with Crippen molar-refractivity contribution >= 4 is 91.8 Å². The number of ether oxygens (including phenoxy) is 6. The van der Waals surface area contributed by atoms with Gasteiger partial charge in [-0.05, 0) is 154 Å². The predicted octanol–water partition coefficient (Wildman–Crippen LogP) is 7.52. The fourth-order valence-electron chi connectivity index (χ4n) is 17.1. The second-order valence-electron chi connectivity index (χ2n) is 29.1. The standard InChI is InChI=1S/C75H88N10O19S/c1-43(77-57(86)16-8-7-11-26-84-58(87)23-24-59(84)88)65(92)78-52-33-45(17-20-54(52)103-69-63(91)61(89)62(90)64(104-69)68(96)97)13-12-30-101-71(98)82(28-31-99-5)29-32-102-75-39-72(3)36-73(4,40-75)38-74(37-72,41-75)42-85-44(2)49(34-76-85)47-19-22-56(80-60(47)67(94)95)83-27-25-46-50(35-83)48(18-21-53(46)100-6)66(93)81-70-79-51-14-9-10-15-55(51)105-70/h9-10,12-15,17-24,33-34,43,61-64,69,89-91H,7-8,11,16,25-32,35-42H2,1-6H3,(H,77,86)(H,78,92)(H,94,95)(H,96,97)(H,79,81,93)/b13-12+/t43?,61-,62-,63+,64-,69+,72?,73?,74?,75?/m0/s1. The van der Waals surface area contributed by atoms with E-state index in [1.807, 2.05) is 46.8 Å². The van der Waals surface area contributed by atoms with Gasteiger partial charge >= 0.3 is 18.0 Å². The lowest BCUT2D eigenvalue weighted by Gasteiger charge is -2.69. The summed E-state index contributed by atoms with van der Waals surface area (Å²) in [5, 5.41) is 65.9. The highest BCUT2D eigenvalue weighted by molar-refractivity contribution is 7.22. The Morgan fingerprint density at radius 2 is 1.56 bits per heavy atom. The van der Waals surface area contributed by atoms with Crippen molar-refractivity contribution in [3.63, 3.8) is 0 Å². The van der Waals surface area contributed by atoms with Gasteiger partial charge < -0.3 is 74.4 Å². The number of amides is 6. The Bertz CT molecular complexity index is 4330. The number of carbonyl (C=O) groups is 8. The number of carbonyl (C=O) groups excluding carboxylic acids is 6.